The maximum absolute atomic E-state index is 12.6. The number of nitrogens with two attached hydrogens (primary N) is 1. The molecule has 1 heterocycles. The summed E-state index contributed by atoms with van der Waals surface area (Å²) in [6.07, 6.45) is 1.17. The van der Waals surface area contributed by atoms with Crippen LogP contribution in [0.1, 0.15) is 35.2 Å². The molecule has 0 spiro atoms. The molecule has 1 aliphatic rings. The predicted octanol–water partition coefficient (Wildman–Crippen LogP) is 0.371. The van der Waals surface area contributed by atoms with Crippen LogP contribution in [0, 0.1) is 6.92 Å². The second-order valence-corrected chi connectivity index (χ2v) is 5.18. The second kappa shape index (κ2) is 6.38. The van der Waals surface area contributed by atoms with E-state index in [4.69, 9.17) is 5.73 Å². The number of hydrogen-bond acceptors (Lipinski definition) is 5. The number of nitrogen functional groups attached to an aromatic ring is 1. The summed E-state index contributed by atoms with van der Waals surface area (Å²) in [5, 5.41) is 2.18. The highest BCUT2D eigenvalue weighted by atomic mass is 16.2. The molecular formula is C15H17N3O4. The smallest absolute Gasteiger partial charge is 0.263 e. The Balaban J connectivity index is 2.35. The zero-order valence-electron chi connectivity index (χ0n) is 12.2. The minimum atomic E-state index is -1.00. The van der Waals surface area contributed by atoms with Crippen molar-refractivity contribution in [1.29, 1.82) is 0 Å². The van der Waals surface area contributed by atoms with Crippen LogP contribution < -0.4 is 11.1 Å². The largest absolute Gasteiger partial charge is 0.398 e. The fraction of sp³-hybridized carbons (Fsp3) is 0.333. The molecule has 0 aromatic heterocycles. The van der Waals surface area contributed by atoms with Gasteiger partial charge in [0.15, 0.2) is 0 Å². The molecule has 0 aliphatic carbocycles. The van der Waals surface area contributed by atoms with Gasteiger partial charge in [-0.3, -0.25) is 29.4 Å². The normalized spacial score (nSPS) is 18.3. The molecule has 4 amide bonds. The topological polar surface area (TPSA) is 110 Å². The molecule has 2 rings (SSSR count). The van der Waals surface area contributed by atoms with Crippen LogP contribution in [0.4, 0.5) is 5.69 Å². The maximum Gasteiger partial charge on any atom is 0.263 e. The van der Waals surface area contributed by atoms with Crippen molar-refractivity contribution in [2.75, 3.05) is 5.73 Å². The molecule has 1 aromatic carbocycles. The number of nitrogens with zero attached hydrogens (tertiary/aromatic N) is 1. The highest BCUT2D eigenvalue weighted by Crippen LogP contribution is 2.21. The van der Waals surface area contributed by atoms with Crippen LogP contribution in [0.5, 0.6) is 0 Å². The van der Waals surface area contributed by atoms with Gasteiger partial charge in [0, 0.05) is 12.1 Å². The summed E-state index contributed by atoms with van der Waals surface area (Å²) >= 11 is 0. The van der Waals surface area contributed by atoms with E-state index in [0.717, 1.165) is 4.90 Å². The number of benzene rings is 1. The first-order chi connectivity index (χ1) is 10.5. The molecule has 0 saturated carbocycles. The molecule has 1 saturated heterocycles. The van der Waals surface area contributed by atoms with Gasteiger partial charge in [-0.2, -0.15) is 0 Å². The Morgan fingerprint density at radius 1 is 1.41 bits per heavy atom. The van der Waals surface area contributed by atoms with Crippen LogP contribution in [0.3, 0.4) is 0 Å². The van der Waals surface area contributed by atoms with Gasteiger partial charge in [-0.05, 0) is 31.4 Å². The average Bonchev–Trinajstić information content (AvgIpc) is 2.61. The van der Waals surface area contributed by atoms with E-state index < -0.39 is 23.8 Å². The molecule has 7 heteroatoms. The van der Waals surface area contributed by atoms with Crippen LogP contribution >= 0.6 is 0 Å². The van der Waals surface area contributed by atoms with Gasteiger partial charge in [-0.25, -0.2) is 0 Å². The summed E-state index contributed by atoms with van der Waals surface area (Å²) in [5.74, 6) is -1.68. The fourth-order valence-electron chi connectivity index (χ4n) is 2.51. The lowest BCUT2D eigenvalue weighted by Gasteiger charge is -2.25. The number of rotatable bonds is 3. The first-order valence-electron chi connectivity index (χ1n) is 6.92. The molecule has 1 aliphatic heterocycles. The zero-order valence-corrected chi connectivity index (χ0v) is 12.2. The van der Waals surface area contributed by atoms with Crippen LogP contribution in [0.25, 0.3) is 0 Å². The van der Waals surface area contributed by atoms with Crippen LogP contribution in [-0.4, -0.2) is 35.1 Å². The van der Waals surface area contributed by atoms with Crippen molar-refractivity contribution < 1.29 is 19.2 Å². The van der Waals surface area contributed by atoms with E-state index in [2.05, 4.69) is 5.32 Å². The Morgan fingerprint density at radius 2 is 2.14 bits per heavy atom. The Bertz CT molecular complexity index is 621. The van der Waals surface area contributed by atoms with Crippen LogP contribution in [-0.2, 0) is 14.4 Å². The summed E-state index contributed by atoms with van der Waals surface area (Å²) in [6, 6.07) is 3.95. The number of imide groups is 2. The standard InChI is InChI=1S/C15H17N3O4/c1-9-4-2-5-10(16)13(9)15(22)18(8-19)11-6-3-7-12(20)17-14(11)21/h2,4-5,8,11H,3,6-7,16H2,1H3,(H,17,20,21)/t11-/m0/s1. The van der Waals surface area contributed by atoms with Gasteiger partial charge in [-0.1, -0.05) is 12.1 Å². The molecule has 0 radical (unpaired) electrons. The third-order valence-electron chi connectivity index (χ3n) is 3.65. The minimum absolute atomic E-state index is 0.190. The lowest BCUT2D eigenvalue weighted by Crippen LogP contribution is -2.49. The van der Waals surface area contributed by atoms with Crippen molar-refractivity contribution in [3.8, 4) is 0 Å². The van der Waals surface area contributed by atoms with Crippen molar-refractivity contribution in [2.45, 2.75) is 32.2 Å². The molecule has 3 N–H and O–H groups in total. The van der Waals surface area contributed by atoms with Crippen molar-refractivity contribution in [3.05, 3.63) is 29.3 Å². The highest BCUT2D eigenvalue weighted by molar-refractivity contribution is 6.08. The Kier molecular flexibility index (Phi) is 4.55. The van der Waals surface area contributed by atoms with Gasteiger partial charge in [0.2, 0.25) is 18.2 Å². The van der Waals surface area contributed by atoms with E-state index in [-0.39, 0.29) is 24.1 Å². The molecule has 22 heavy (non-hydrogen) atoms. The molecule has 0 bridgehead atoms. The lowest BCUT2D eigenvalue weighted by molar-refractivity contribution is -0.134. The molecule has 0 unspecified atom stereocenters. The van der Waals surface area contributed by atoms with Crippen molar-refractivity contribution in [2.24, 2.45) is 0 Å². The summed E-state index contributed by atoms with van der Waals surface area (Å²) in [7, 11) is 0. The number of amides is 4. The third kappa shape index (κ3) is 2.98. The van der Waals surface area contributed by atoms with Gasteiger partial charge in [0.05, 0.1) is 5.56 Å². The average molecular weight is 303 g/mol. The predicted molar refractivity (Wildman–Crippen MR) is 78.6 cm³/mol. The monoisotopic (exact) mass is 303 g/mol. The van der Waals surface area contributed by atoms with Crippen LogP contribution in [0.15, 0.2) is 18.2 Å². The second-order valence-electron chi connectivity index (χ2n) is 5.18. The molecule has 7 nitrogen and oxygen atoms in total. The van der Waals surface area contributed by atoms with E-state index in [9.17, 15) is 19.2 Å². The Labute approximate surface area is 127 Å². The summed E-state index contributed by atoms with van der Waals surface area (Å²) in [4.78, 5) is 48.2. The van der Waals surface area contributed by atoms with E-state index in [0.29, 0.717) is 18.4 Å². The molecule has 116 valence electrons. The summed E-state index contributed by atoms with van der Waals surface area (Å²) in [6.45, 7) is 1.70. The van der Waals surface area contributed by atoms with Crippen LogP contribution in [0.2, 0.25) is 0 Å². The maximum atomic E-state index is 12.6. The van der Waals surface area contributed by atoms with Gasteiger partial charge in [0.1, 0.15) is 6.04 Å². The van der Waals surface area contributed by atoms with Crippen molar-refractivity contribution >= 4 is 29.8 Å². The number of aryl methyl sites for hydroxylation is 1. The van der Waals surface area contributed by atoms with Gasteiger partial charge in [-0.15, -0.1) is 0 Å². The summed E-state index contributed by atoms with van der Waals surface area (Å²) in [5.41, 5.74) is 6.86. The van der Waals surface area contributed by atoms with Crippen molar-refractivity contribution in [1.82, 2.24) is 10.2 Å². The fourth-order valence-corrected chi connectivity index (χ4v) is 2.51. The number of anilines is 1. The van der Waals surface area contributed by atoms with Gasteiger partial charge >= 0.3 is 0 Å². The highest BCUT2D eigenvalue weighted by Gasteiger charge is 2.34. The molecular weight excluding hydrogens is 286 g/mol. The van der Waals surface area contributed by atoms with Gasteiger partial charge in [0.25, 0.3) is 5.91 Å². The van der Waals surface area contributed by atoms with E-state index >= 15 is 0 Å². The van der Waals surface area contributed by atoms with E-state index in [1.54, 1.807) is 25.1 Å². The first-order valence-corrected chi connectivity index (χ1v) is 6.92. The summed E-state index contributed by atoms with van der Waals surface area (Å²) < 4.78 is 0. The van der Waals surface area contributed by atoms with Crippen molar-refractivity contribution in [3.63, 3.8) is 0 Å². The van der Waals surface area contributed by atoms with E-state index in [1.165, 1.54) is 0 Å². The minimum Gasteiger partial charge on any atom is -0.398 e. The molecule has 1 fully saturated rings. The zero-order chi connectivity index (χ0) is 16.3. The third-order valence-corrected chi connectivity index (χ3v) is 3.65. The SMILES string of the molecule is Cc1cccc(N)c1C(=O)N(C=O)[C@H]1CCCC(=O)NC1=O. The Morgan fingerprint density at radius 3 is 2.77 bits per heavy atom. The number of nitrogens with one attached hydrogen (secondary N) is 1. The van der Waals surface area contributed by atoms with E-state index in [1.807, 2.05) is 0 Å². The number of carbonyl (C=O) groups excluding carboxylic acids is 4. The molecule has 1 aromatic rings. The first kappa shape index (κ1) is 15.7. The Hall–Kier alpha value is -2.70. The van der Waals surface area contributed by atoms with Gasteiger partial charge < -0.3 is 5.73 Å². The molecule has 1 atom stereocenters. The lowest BCUT2D eigenvalue weighted by atomic mass is 10.0. The quantitative estimate of drug-likeness (QED) is 0.476. The number of carbonyl (C=O) groups is 4. The number of hydrogen-bond donors (Lipinski definition) is 2.